The highest BCUT2D eigenvalue weighted by Crippen LogP contribution is 2.13. The number of hydrogen-bond acceptors (Lipinski definition) is 4. The van der Waals surface area contributed by atoms with Crippen LogP contribution in [0.3, 0.4) is 0 Å². The molecule has 0 aliphatic heterocycles. The summed E-state index contributed by atoms with van der Waals surface area (Å²) in [6.07, 6.45) is 0. The van der Waals surface area contributed by atoms with E-state index in [-0.39, 0.29) is 5.91 Å². The first-order valence-corrected chi connectivity index (χ1v) is 6.84. The minimum Gasteiger partial charge on any atom is -0.336 e. The van der Waals surface area contributed by atoms with Gasteiger partial charge in [0.25, 0.3) is 5.91 Å². The highest BCUT2D eigenvalue weighted by atomic mass is 32.1. The van der Waals surface area contributed by atoms with Gasteiger partial charge in [-0.15, -0.1) is 24.0 Å². The van der Waals surface area contributed by atoms with Crippen LogP contribution in [0.15, 0.2) is 34.5 Å². The second-order valence-electron chi connectivity index (χ2n) is 4.07. The van der Waals surface area contributed by atoms with E-state index < -0.39 is 0 Å². The third-order valence-corrected chi connectivity index (χ3v) is 3.65. The first-order valence-electron chi connectivity index (χ1n) is 5.52. The summed E-state index contributed by atoms with van der Waals surface area (Å²) >= 11 is 5.80. The summed E-state index contributed by atoms with van der Waals surface area (Å²) in [6.45, 7) is 2.49. The molecule has 1 heterocycles. The van der Waals surface area contributed by atoms with Crippen molar-refractivity contribution >= 4 is 29.9 Å². The molecule has 1 aromatic carbocycles. The van der Waals surface area contributed by atoms with Gasteiger partial charge in [0.2, 0.25) is 0 Å². The molecule has 0 N–H and O–H groups in total. The topological polar surface area (TPSA) is 33.2 Å². The van der Waals surface area contributed by atoms with E-state index in [1.165, 1.54) is 0 Å². The number of carbonyl (C=O) groups excluding carboxylic acids is 1. The van der Waals surface area contributed by atoms with Crippen LogP contribution >= 0.6 is 24.0 Å². The maximum Gasteiger partial charge on any atom is 0.253 e. The van der Waals surface area contributed by atoms with Gasteiger partial charge in [-0.2, -0.15) is 0 Å². The summed E-state index contributed by atoms with van der Waals surface area (Å²) < 4.78 is 0. The molecule has 0 saturated carbocycles. The highest BCUT2D eigenvalue weighted by molar-refractivity contribution is 7.80. The molecule has 0 aliphatic carbocycles. The molecule has 0 unspecified atom stereocenters. The van der Waals surface area contributed by atoms with Crippen LogP contribution in [0.25, 0.3) is 0 Å². The molecule has 5 heteroatoms. The Hall–Kier alpha value is -1.33. The van der Waals surface area contributed by atoms with Crippen molar-refractivity contribution in [2.45, 2.75) is 18.4 Å². The van der Waals surface area contributed by atoms with Gasteiger partial charge in [0.1, 0.15) is 0 Å². The Kier molecular flexibility index (Phi) is 4.04. The van der Waals surface area contributed by atoms with Crippen LogP contribution in [-0.2, 0) is 6.54 Å². The maximum absolute atomic E-state index is 12.1. The molecule has 2 rings (SSSR count). The number of thiazole rings is 1. The summed E-state index contributed by atoms with van der Waals surface area (Å²) in [5.41, 5.74) is 1.60. The molecule has 0 saturated heterocycles. The summed E-state index contributed by atoms with van der Waals surface area (Å²) in [4.78, 5) is 19.0. The van der Waals surface area contributed by atoms with Gasteiger partial charge in [-0.05, 0) is 31.2 Å². The molecule has 0 fully saturated rings. The Labute approximate surface area is 116 Å². The molecule has 18 heavy (non-hydrogen) atoms. The number of thiol groups is 1. The first-order chi connectivity index (χ1) is 8.56. The predicted octanol–water partition coefficient (Wildman–Crippen LogP) is 3.01. The largest absolute Gasteiger partial charge is 0.336 e. The van der Waals surface area contributed by atoms with Gasteiger partial charge in [0, 0.05) is 22.9 Å². The number of hydrogen-bond donors (Lipinski definition) is 1. The quantitative estimate of drug-likeness (QED) is 0.876. The van der Waals surface area contributed by atoms with Crippen LogP contribution in [0.1, 0.15) is 21.1 Å². The van der Waals surface area contributed by atoms with Crippen molar-refractivity contribution in [3.05, 3.63) is 45.9 Å². The standard InChI is InChI=1S/C13H14N2OS2/c1-9-14-11(8-18-9)7-15(2)13(16)10-3-5-12(17)6-4-10/h3-6,8,17H,7H2,1-2H3. The minimum absolute atomic E-state index is 0.00557. The Bertz CT molecular complexity index is 548. The van der Waals surface area contributed by atoms with Gasteiger partial charge in [-0.1, -0.05) is 0 Å². The van der Waals surface area contributed by atoms with Gasteiger partial charge in [0.05, 0.1) is 17.2 Å². The van der Waals surface area contributed by atoms with Crippen molar-refractivity contribution in [1.29, 1.82) is 0 Å². The zero-order chi connectivity index (χ0) is 13.1. The van der Waals surface area contributed by atoms with Crippen LogP contribution < -0.4 is 0 Å². The lowest BCUT2D eigenvalue weighted by Gasteiger charge is -2.15. The Morgan fingerprint density at radius 2 is 2.06 bits per heavy atom. The summed E-state index contributed by atoms with van der Waals surface area (Å²) in [7, 11) is 1.78. The normalized spacial score (nSPS) is 10.4. The van der Waals surface area contributed by atoms with Gasteiger partial charge in [-0.3, -0.25) is 4.79 Å². The molecule has 94 valence electrons. The predicted molar refractivity (Wildman–Crippen MR) is 76.3 cm³/mol. The van der Waals surface area contributed by atoms with Crippen molar-refractivity contribution in [3.8, 4) is 0 Å². The first kappa shape index (κ1) is 13.1. The van der Waals surface area contributed by atoms with Crippen molar-refractivity contribution in [2.75, 3.05) is 7.05 Å². The molecule has 0 spiro atoms. The van der Waals surface area contributed by atoms with E-state index in [0.717, 1.165) is 15.6 Å². The lowest BCUT2D eigenvalue weighted by atomic mass is 10.2. The van der Waals surface area contributed by atoms with Crippen molar-refractivity contribution in [2.24, 2.45) is 0 Å². The lowest BCUT2D eigenvalue weighted by molar-refractivity contribution is 0.0783. The molecule has 3 nitrogen and oxygen atoms in total. The van der Waals surface area contributed by atoms with E-state index in [4.69, 9.17) is 0 Å². The average Bonchev–Trinajstić information content (AvgIpc) is 2.75. The molecule has 1 aromatic heterocycles. The number of rotatable bonds is 3. The van der Waals surface area contributed by atoms with Crippen molar-refractivity contribution in [3.63, 3.8) is 0 Å². The summed E-state index contributed by atoms with van der Waals surface area (Å²) in [5.74, 6) is -0.00557. The molecule has 0 atom stereocenters. The fourth-order valence-electron chi connectivity index (χ4n) is 1.62. The van der Waals surface area contributed by atoms with E-state index in [9.17, 15) is 4.79 Å². The highest BCUT2D eigenvalue weighted by Gasteiger charge is 2.12. The fraction of sp³-hybridized carbons (Fsp3) is 0.231. The van der Waals surface area contributed by atoms with E-state index in [0.29, 0.717) is 12.1 Å². The zero-order valence-corrected chi connectivity index (χ0v) is 12.0. The monoisotopic (exact) mass is 278 g/mol. The fourth-order valence-corrected chi connectivity index (χ4v) is 2.37. The molecule has 0 aliphatic rings. The number of aromatic nitrogens is 1. The van der Waals surface area contributed by atoms with Crippen LogP contribution in [-0.4, -0.2) is 22.8 Å². The van der Waals surface area contributed by atoms with Crippen molar-refractivity contribution in [1.82, 2.24) is 9.88 Å². The molecule has 0 bridgehead atoms. The molecular formula is C13H14N2OS2. The van der Waals surface area contributed by atoms with Crippen LogP contribution in [0, 0.1) is 6.92 Å². The van der Waals surface area contributed by atoms with Crippen molar-refractivity contribution < 1.29 is 4.79 Å². The Balaban J connectivity index is 2.07. The summed E-state index contributed by atoms with van der Waals surface area (Å²) in [5, 5.41) is 3.00. The number of amides is 1. The molecule has 0 radical (unpaired) electrons. The van der Waals surface area contributed by atoms with Gasteiger partial charge >= 0.3 is 0 Å². The zero-order valence-electron chi connectivity index (χ0n) is 10.3. The van der Waals surface area contributed by atoms with Crippen LogP contribution in [0.2, 0.25) is 0 Å². The molecule has 2 aromatic rings. The smallest absolute Gasteiger partial charge is 0.253 e. The van der Waals surface area contributed by atoms with Gasteiger partial charge < -0.3 is 4.90 Å². The van der Waals surface area contributed by atoms with E-state index in [1.807, 2.05) is 24.4 Å². The third kappa shape index (κ3) is 3.11. The lowest BCUT2D eigenvalue weighted by Crippen LogP contribution is -2.26. The Morgan fingerprint density at radius 1 is 1.39 bits per heavy atom. The van der Waals surface area contributed by atoms with E-state index in [1.54, 1.807) is 35.4 Å². The molecular weight excluding hydrogens is 264 g/mol. The SMILES string of the molecule is Cc1nc(CN(C)C(=O)c2ccc(S)cc2)cs1. The second kappa shape index (κ2) is 5.54. The van der Waals surface area contributed by atoms with Crippen LogP contribution in [0.4, 0.5) is 0 Å². The average molecular weight is 278 g/mol. The maximum atomic E-state index is 12.1. The second-order valence-corrected chi connectivity index (χ2v) is 5.64. The van der Waals surface area contributed by atoms with Crippen LogP contribution in [0.5, 0.6) is 0 Å². The number of benzene rings is 1. The number of carbonyl (C=O) groups is 1. The number of nitrogens with zero attached hydrogens (tertiary/aromatic N) is 2. The number of aryl methyl sites for hydroxylation is 1. The molecule has 1 amide bonds. The van der Waals surface area contributed by atoms with Gasteiger partial charge in [-0.25, -0.2) is 4.98 Å². The van der Waals surface area contributed by atoms with E-state index >= 15 is 0 Å². The van der Waals surface area contributed by atoms with E-state index in [2.05, 4.69) is 17.6 Å². The van der Waals surface area contributed by atoms with Gasteiger partial charge in [0.15, 0.2) is 0 Å². The minimum atomic E-state index is -0.00557. The Morgan fingerprint density at radius 3 is 2.61 bits per heavy atom. The summed E-state index contributed by atoms with van der Waals surface area (Å²) in [6, 6.07) is 7.20. The third-order valence-electron chi connectivity index (χ3n) is 2.53.